The minimum absolute atomic E-state index is 0.0908. The van der Waals surface area contributed by atoms with E-state index in [1.807, 2.05) is 23.5 Å². The maximum absolute atomic E-state index is 4.11. The molecule has 2 aromatic heterocycles. The van der Waals surface area contributed by atoms with Gasteiger partial charge in [-0.15, -0.1) is 11.3 Å². The van der Waals surface area contributed by atoms with Gasteiger partial charge < -0.3 is 9.47 Å². The number of aromatic nitrogens is 1. The summed E-state index contributed by atoms with van der Waals surface area (Å²) in [6, 6.07) is 71.7. The molecule has 12 rings (SSSR count). The summed E-state index contributed by atoms with van der Waals surface area (Å²) in [5.41, 5.74) is 15.0. The average Bonchev–Trinajstić information content (AvgIpc) is 3.92. The van der Waals surface area contributed by atoms with Gasteiger partial charge in [0.25, 0.3) is 0 Å². The molecule has 9 aromatic carbocycles. The normalized spacial score (nSPS) is 13.8. The Morgan fingerprint density at radius 3 is 2.11 bits per heavy atom. The van der Waals surface area contributed by atoms with E-state index in [1.165, 1.54) is 63.9 Å². The predicted octanol–water partition coefficient (Wildman–Crippen LogP) is 18.0. The Morgan fingerprint density at radius 2 is 1.23 bits per heavy atom. The lowest BCUT2D eigenvalue weighted by molar-refractivity contribution is 0.666. The van der Waals surface area contributed by atoms with Crippen LogP contribution in [0.1, 0.15) is 29.2 Å². The van der Waals surface area contributed by atoms with Crippen molar-refractivity contribution in [2.24, 2.45) is 0 Å². The lowest BCUT2D eigenvalue weighted by Crippen LogP contribution is -2.14. The van der Waals surface area contributed by atoms with E-state index in [0.717, 1.165) is 56.9 Å². The molecule has 0 bridgehead atoms. The van der Waals surface area contributed by atoms with Crippen LogP contribution >= 0.6 is 11.3 Å². The SMILES string of the molecule is C=Cc1ccc(-c2cccc(N(c3ccc4sc5ccccc5c4c3)c3ccc(C4=CC=CCC4n4c5ccccc5c5c6ccccc6ccc54)cc3-c3ccccc3)c2)cc1C=C. The number of hydrogen-bond donors (Lipinski definition) is 0. The van der Waals surface area contributed by atoms with Crippen LogP contribution in [0.4, 0.5) is 17.1 Å². The highest BCUT2D eigenvalue weighted by atomic mass is 32.1. The number of allylic oxidation sites excluding steroid dienone is 4. The molecular weight excluding hydrogens is 805 g/mol. The molecule has 0 aliphatic heterocycles. The second-order valence-electron chi connectivity index (χ2n) is 16.9. The minimum atomic E-state index is 0.0908. The van der Waals surface area contributed by atoms with Crippen LogP contribution in [0.25, 0.3) is 92.7 Å². The quantitative estimate of drug-likeness (QED) is 0.140. The fraction of sp³-hybridized carbons (Fsp3) is 0.0323. The first-order valence-electron chi connectivity index (χ1n) is 22.3. The van der Waals surface area contributed by atoms with Gasteiger partial charge in [-0.05, 0) is 123 Å². The molecule has 2 heterocycles. The third-order valence-corrected chi connectivity index (χ3v) is 14.4. The Bertz CT molecular complexity index is 3750. The Kier molecular flexibility index (Phi) is 9.51. The van der Waals surface area contributed by atoms with E-state index in [2.05, 4.69) is 235 Å². The van der Waals surface area contributed by atoms with Crippen molar-refractivity contribution in [3.63, 3.8) is 0 Å². The van der Waals surface area contributed by atoms with Crippen molar-refractivity contribution in [2.75, 3.05) is 4.90 Å². The summed E-state index contributed by atoms with van der Waals surface area (Å²) in [4.78, 5) is 2.46. The van der Waals surface area contributed by atoms with Crippen molar-refractivity contribution >= 4 is 98.9 Å². The molecule has 308 valence electrons. The molecule has 0 amide bonds. The molecule has 0 spiro atoms. The van der Waals surface area contributed by atoms with Gasteiger partial charge in [-0.3, -0.25) is 0 Å². The number of nitrogens with zero attached hydrogens (tertiary/aromatic N) is 2. The van der Waals surface area contributed by atoms with Gasteiger partial charge in [0.05, 0.1) is 17.2 Å². The first-order chi connectivity index (χ1) is 32.1. The highest BCUT2D eigenvalue weighted by Crippen LogP contribution is 2.48. The summed E-state index contributed by atoms with van der Waals surface area (Å²) in [6.45, 7) is 8.15. The number of thiophene rings is 1. The number of para-hydroxylation sites is 1. The molecule has 0 saturated heterocycles. The molecule has 0 fully saturated rings. The molecule has 3 heteroatoms. The van der Waals surface area contributed by atoms with Crippen molar-refractivity contribution < 1.29 is 0 Å². The molecule has 0 N–H and O–H groups in total. The lowest BCUT2D eigenvalue weighted by atomic mass is 9.89. The Morgan fingerprint density at radius 1 is 0.508 bits per heavy atom. The van der Waals surface area contributed by atoms with E-state index in [1.54, 1.807) is 0 Å². The average molecular weight is 849 g/mol. The van der Waals surface area contributed by atoms with E-state index in [-0.39, 0.29) is 6.04 Å². The molecule has 2 nitrogen and oxygen atoms in total. The van der Waals surface area contributed by atoms with Gasteiger partial charge >= 0.3 is 0 Å². The van der Waals surface area contributed by atoms with E-state index in [0.29, 0.717) is 0 Å². The van der Waals surface area contributed by atoms with Crippen molar-refractivity contribution in [2.45, 2.75) is 12.5 Å². The van der Waals surface area contributed by atoms with Crippen molar-refractivity contribution in [1.29, 1.82) is 0 Å². The van der Waals surface area contributed by atoms with E-state index in [9.17, 15) is 0 Å². The minimum Gasteiger partial charge on any atom is -0.332 e. The van der Waals surface area contributed by atoms with Crippen LogP contribution < -0.4 is 4.90 Å². The van der Waals surface area contributed by atoms with Crippen LogP contribution in [0.2, 0.25) is 0 Å². The van der Waals surface area contributed by atoms with Crippen LogP contribution in [0.15, 0.2) is 226 Å². The second-order valence-corrected chi connectivity index (χ2v) is 18.0. The Hall–Kier alpha value is -7.98. The zero-order valence-corrected chi connectivity index (χ0v) is 36.7. The summed E-state index contributed by atoms with van der Waals surface area (Å²) in [6.07, 6.45) is 11.6. The number of fused-ring (bicyclic) bond motifs is 8. The van der Waals surface area contributed by atoms with Crippen LogP contribution in [-0.2, 0) is 0 Å². The maximum Gasteiger partial charge on any atom is 0.0632 e. The van der Waals surface area contributed by atoms with Crippen LogP contribution in [0.5, 0.6) is 0 Å². The molecule has 0 saturated carbocycles. The highest BCUT2D eigenvalue weighted by molar-refractivity contribution is 7.25. The topological polar surface area (TPSA) is 8.17 Å². The monoisotopic (exact) mass is 848 g/mol. The van der Waals surface area contributed by atoms with E-state index in [4.69, 9.17) is 0 Å². The molecule has 1 aliphatic carbocycles. The Labute approximate surface area is 383 Å². The molecule has 1 aliphatic rings. The van der Waals surface area contributed by atoms with Crippen molar-refractivity contribution in [1.82, 2.24) is 4.57 Å². The van der Waals surface area contributed by atoms with E-state index < -0.39 is 0 Å². The summed E-state index contributed by atoms with van der Waals surface area (Å²) in [5.74, 6) is 0. The first kappa shape index (κ1) is 38.7. The zero-order valence-electron chi connectivity index (χ0n) is 35.9. The predicted molar refractivity (Wildman–Crippen MR) is 283 cm³/mol. The smallest absolute Gasteiger partial charge is 0.0632 e. The van der Waals surface area contributed by atoms with Gasteiger partial charge in [-0.25, -0.2) is 0 Å². The van der Waals surface area contributed by atoms with Crippen LogP contribution in [-0.4, -0.2) is 4.57 Å². The lowest BCUT2D eigenvalue weighted by Gasteiger charge is -2.30. The molecular formula is C62H44N2S. The maximum atomic E-state index is 4.11. The van der Waals surface area contributed by atoms with Gasteiger partial charge in [0, 0.05) is 53.4 Å². The largest absolute Gasteiger partial charge is 0.332 e. The van der Waals surface area contributed by atoms with E-state index >= 15 is 0 Å². The second kappa shape index (κ2) is 16.0. The van der Waals surface area contributed by atoms with Gasteiger partial charge in [0.1, 0.15) is 0 Å². The number of anilines is 3. The summed E-state index contributed by atoms with van der Waals surface area (Å²) < 4.78 is 5.17. The zero-order chi connectivity index (χ0) is 43.4. The molecule has 1 atom stereocenters. The van der Waals surface area contributed by atoms with Crippen LogP contribution in [0, 0.1) is 0 Å². The fourth-order valence-corrected chi connectivity index (χ4v) is 11.3. The summed E-state index contributed by atoms with van der Waals surface area (Å²) in [7, 11) is 0. The fourth-order valence-electron chi connectivity index (χ4n) is 10.2. The number of rotatable bonds is 9. The molecule has 0 radical (unpaired) electrons. The highest BCUT2D eigenvalue weighted by Gasteiger charge is 2.26. The van der Waals surface area contributed by atoms with Crippen LogP contribution in [0.3, 0.4) is 0 Å². The third-order valence-electron chi connectivity index (χ3n) is 13.3. The van der Waals surface area contributed by atoms with Crippen molar-refractivity contribution in [3.8, 4) is 22.3 Å². The van der Waals surface area contributed by atoms with Gasteiger partial charge in [0.2, 0.25) is 0 Å². The molecule has 11 aromatic rings. The number of benzene rings is 9. The molecule has 65 heavy (non-hydrogen) atoms. The van der Waals surface area contributed by atoms with Gasteiger partial charge in [-0.1, -0.05) is 171 Å². The van der Waals surface area contributed by atoms with Gasteiger partial charge in [-0.2, -0.15) is 0 Å². The van der Waals surface area contributed by atoms with Gasteiger partial charge in [0.15, 0.2) is 0 Å². The first-order valence-corrected chi connectivity index (χ1v) is 23.1. The summed E-state index contributed by atoms with van der Waals surface area (Å²) >= 11 is 1.85. The molecule has 1 unspecified atom stereocenters. The third kappa shape index (κ3) is 6.55. The summed E-state index contributed by atoms with van der Waals surface area (Å²) in [5, 5.41) is 7.71. The standard InChI is InChI=1S/C62H44N2S/c1-3-41-29-30-46(37-42(41)4-2)45-20-16-21-48(38-45)63(49-33-36-61-55(40-49)52-24-12-15-28-60(52)65-61)58-34-32-47(39-54(58)43-17-6-5-7-18-43)50-22-10-13-26-56(50)64-57-27-14-11-25-53(57)62-51-23-9-8-19-44(51)31-35-59(62)64/h3-25,27-40,56H,1-2,26H2. The Balaban J connectivity index is 1.06. The number of hydrogen-bond acceptors (Lipinski definition) is 2. The van der Waals surface area contributed by atoms with Crippen molar-refractivity contribution in [3.05, 3.63) is 242 Å².